The molecule has 5 aromatic carbocycles. The van der Waals surface area contributed by atoms with Crippen molar-refractivity contribution in [2.75, 3.05) is 0 Å². The topological polar surface area (TPSA) is 63.4 Å². The molecule has 0 fully saturated rings. The van der Waals surface area contributed by atoms with Gasteiger partial charge in [0.1, 0.15) is 0 Å². The molecule has 26 heavy (non-hydrogen) atoms. The molecule has 0 unspecified atom stereocenters. The molecule has 2 N–H and O–H groups in total. The average molecular weight is 336 g/mol. The predicted octanol–water partition coefficient (Wildman–Crippen LogP) is 4.21. The van der Waals surface area contributed by atoms with Crippen molar-refractivity contribution >= 4 is 54.9 Å². The van der Waals surface area contributed by atoms with Crippen LogP contribution in [0.25, 0.3) is 43.1 Å². The molecule has 1 aliphatic heterocycles. The van der Waals surface area contributed by atoms with Gasteiger partial charge in [-0.2, -0.15) is 0 Å². The lowest BCUT2D eigenvalue weighted by Crippen LogP contribution is -2.45. The number of hydrazine groups is 1. The van der Waals surface area contributed by atoms with E-state index in [2.05, 4.69) is 24.3 Å². The molecule has 0 atom stereocenters. The first kappa shape index (κ1) is 13.8. The van der Waals surface area contributed by atoms with E-state index in [1.807, 2.05) is 24.3 Å². The monoisotopic (exact) mass is 336 g/mol. The van der Waals surface area contributed by atoms with Crippen LogP contribution in [0.15, 0.2) is 60.7 Å². The van der Waals surface area contributed by atoms with Gasteiger partial charge in [0.05, 0.1) is 11.1 Å². The van der Waals surface area contributed by atoms with Gasteiger partial charge >= 0.3 is 0 Å². The van der Waals surface area contributed by atoms with Gasteiger partial charge < -0.3 is 0 Å². The van der Waals surface area contributed by atoms with Crippen molar-refractivity contribution in [1.82, 2.24) is 5.01 Å². The van der Waals surface area contributed by atoms with E-state index in [1.165, 1.54) is 10.8 Å². The molecule has 4 heteroatoms. The van der Waals surface area contributed by atoms with Crippen LogP contribution < -0.4 is 5.84 Å². The third-order valence-corrected chi connectivity index (χ3v) is 5.54. The Labute approximate surface area is 147 Å². The highest BCUT2D eigenvalue weighted by molar-refractivity contribution is 6.38. The number of carbonyl (C=O) groups excluding carboxylic acids is 2. The molecular weight excluding hydrogens is 324 g/mol. The smallest absolute Gasteiger partial charge is 0.267 e. The summed E-state index contributed by atoms with van der Waals surface area (Å²) in [5.74, 6) is 4.80. The second-order valence-corrected chi connectivity index (χ2v) is 6.76. The van der Waals surface area contributed by atoms with Gasteiger partial charge in [-0.25, -0.2) is 10.9 Å². The average Bonchev–Trinajstić information content (AvgIpc) is 2.68. The number of imide groups is 1. The van der Waals surface area contributed by atoms with Crippen LogP contribution in [0.4, 0.5) is 0 Å². The zero-order valence-electron chi connectivity index (χ0n) is 13.6. The Balaban J connectivity index is 2.00. The lowest BCUT2D eigenvalue weighted by Gasteiger charge is -2.25. The molecule has 6 rings (SSSR count). The molecular formula is C22H12N2O2. The number of fused-ring (bicyclic) bond motifs is 2. The third kappa shape index (κ3) is 1.40. The second-order valence-electron chi connectivity index (χ2n) is 6.76. The maximum atomic E-state index is 12.6. The molecule has 0 aliphatic carbocycles. The Bertz CT molecular complexity index is 1330. The Morgan fingerprint density at radius 2 is 1.08 bits per heavy atom. The van der Waals surface area contributed by atoms with Crippen LogP contribution in [0, 0.1) is 0 Å². The van der Waals surface area contributed by atoms with Crippen molar-refractivity contribution in [1.29, 1.82) is 0 Å². The van der Waals surface area contributed by atoms with Gasteiger partial charge in [0.2, 0.25) is 0 Å². The van der Waals surface area contributed by atoms with Gasteiger partial charge in [0, 0.05) is 5.39 Å². The van der Waals surface area contributed by atoms with Crippen molar-refractivity contribution in [3.8, 4) is 0 Å². The van der Waals surface area contributed by atoms with Gasteiger partial charge in [-0.3, -0.25) is 9.59 Å². The molecule has 0 radical (unpaired) electrons. The van der Waals surface area contributed by atoms with Gasteiger partial charge in [-0.05, 0) is 49.8 Å². The van der Waals surface area contributed by atoms with Crippen molar-refractivity contribution in [3.05, 3.63) is 71.8 Å². The number of nitrogens with zero attached hydrogens (tertiary/aromatic N) is 1. The van der Waals surface area contributed by atoms with Gasteiger partial charge in [-0.15, -0.1) is 0 Å². The molecule has 122 valence electrons. The maximum Gasteiger partial charge on any atom is 0.275 e. The zero-order chi connectivity index (χ0) is 17.6. The minimum absolute atomic E-state index is 0.455. The fourth-order valence-corrected chi connectivity index (χ4v) is 4.44. The van der Waals surface area contributed by atoms with E-state index >= 15 is 0 Å². The minimum atomic E-state index is -0.455. The molecule has 5 aromatic rings. The number of nitrogens with two attached hydrogens (primary N) is 1. The third-order valence-electron chi connectivity index (χ3n) is 5.54. The normalized spacial score (nSPS) is 14.4. The molecule has 0 bridgehead atoms. The number of benzene rings is 5. The minimum Gasteiger partial charge on any atom is -0.267 e. The highest BCUT2D eigenvalue weighted by Crippen LogP contribution is 2.43. The highest BCUT2D eigenvalue weighted by Gasteiger charge is 2.32. The summed E-state index contributed by atoms with van der Waals surface area (Å²) in [7, 11) is 0. The largest absolute Gasteiger partial charge is 0.275 e. The fourth-order valence-electron chi connectivity index (χ4n) is 4.44. The molecule has 1 aliphatic rings. The summed E-state index contributed by atoms with van der Waals surface area (Å²) in [6.45, 7) is 0. The van der Waals surface area contributed by atoms with Crippen LogP contribution in [0.3, 0.4) is 0 Å². The Kier molecular flexibility index (Phi) is 2.31. The van der Waals surface area contributed by atoms with E-state index in [0.29, 0.717) is 21.5 Å². The van der Waals surface area contributed by atoms with Crippen LogP contribution in [0.1, 0.15) is 20.7 Å². The zero-order valence-corrected chi connectivity index (χ0v) is 13.6. The summed E-state index contributed by atoms with van der Waals surface area (Å²) in [6.07, 6.45) is 0. The van der Waals surface area contributed by atoms with Crippen LogP contribution in [0.2, 0.25) is 0 Å². The van der Waals surface area contributed by atoms with Crippen LogP contribution >= 0.6 is 0 Å². The van der Waals surface area contributed by atoms with Crippen molar-refractivity contribution in [3.63, 3.8) is 0 Å². The van der Waals surface area contributed by atoms with E-state index in [4.69, 9.17) is 5.84 Å². The van der Waals surface area contributed by atoms with Crippen molar-refractivity contribution in [2.24, 2.45) is 5.84 Å². The summed E-state index contributed by atoms with van der Waals surface area (Å²) in [5.41, 5.74) is 0.962. The number of hydrogen-bond acceptors (Lipinski definition) is 3. The summed E-state index contributed by atoms with van der Waals surface area (Å²) in [4.78, 5) is 25.1. The molecule has 0 saturated heterocycles. The van der Waals surface area contributed by atoms with E-state index < -0.39 is 11.8 Å². The lowest BCUT2D eigenvalue weighted by molar-refractivity contribution is 0.0610. The summed E-state index contributed by atoms with van der Waals surface area (Å²) >= 11 is 0. The molecule has 0 spiro atoms. The first-order valence-electron chi connectivity index (χ1n) is 8.42. The van der Waals surface area contributed by atoms with Crippen LogP contribution in [-0.4, -0.2) is 16.8 Å². The maximum absolute atomic E-state index is 12.6. The van der Waals surface area contributed by atoms with Crippen molar-refractivity contribution < 1.29 is 9.59 Å². The SMILES string of the molecule is NN1C(=O)c2ccc3c4cccc5cccc(c6ccc(c2c36)C1=O)c54. The number of amides is 2. The van der Waals surface area contributed by atoms with E-state index in [9.17, 15) is 9.59 Å². The van der Waals surface area contributed by atoms with Gasteiger partial charge in [0.15, 0.2) is 0 Å². The van der Waals surface area contributed by atoms with E-state index in [-0.39, 0.29) is 0 Å². The number of rotatable bonds is 0. The summed E-state index contributed by atoms with van der Waals surface area (Å²) in [6, 6.07) is 20.0. The Morgan fingerprint density at radius 1 is 0.577 bits per heavy atom. The molecule has 0 aromatic heterocycles. The predicted molar refractivity (Wildman–Crippen MR) is 102 cm³/mol. The number of carbonyl (C=O) groups is 2. The first-order valence-corrected chi connectivity index (χ1v) is 8.42. The molecule has 4 nitrogen and oxygen atoms in total. The lowest BCUT2D eigenvalue weighted by atomic mass is 9.85. The summed E-state index contributed by atoms with van der Waals surface area (Å²) in [5, 5.41) is 9.13. The fraction of sp³-hybridized carbons (Fsp3) is 0. The standard InChI is InChI=1S/C22H12N2O2/c23-24-21(25)16-9-7-14-12-5-1-3-11-4-2-6-13(18(11)12)15-8-10-17(22(24)26)20(16)19(14)15/h1-10H,23H2. The molecule has 1 heterocycles. The molecule has 2 amide bonds. The number of hydrogen-bond donors (Lipinski definition) is 1. The van der Waals surface area contributed by atoms with Gasteiger partial charge in [-0.1, -0.05) is 48.5 Å². The Morgan fingerprint density at radius 3 is 1.62 bits per heavy atom. The van der Waals surface area contributed by atoms with Crippen molar-refractivity contribution in [2.45, 2.75) is 0 Å². The molecule has 0 saturated carbocycles. The Hall–Kier alpha value is -3.50. The summed E-state index contributed by atoms with van der Waals surface area (Å²) < 4.78 is 0. The van der Waals surface area contributed by atoms with Crippen LogP contribution in [0.5, 0.6) is 0 Å². The first-order chi connectivity index (χ1) is 12.7. The van der Waals surface area contributed by atoms with Crippen LogP contribution in [-0.2, 0) is 0 Å². The van der Waals surface area contributed by atoms with E-state index in [0.717, 1.165) is 26.9 Å². The second kappa shape index (κ2) is 4.36. The highest BCUT2D eigenvalue weighted by atomic mass is 16.2. The quantitative estimate of drug-likeness (QED) is 0.151. The van der Waals surface area contributed by atoms with Gasteiger partial charge in [0.25, 0.3) is 11.8 Å². The van der Waals surface area contributed by atoms with E-state index in [1.54, 1.807) is 12.1 Å².